The molecule has 0 saturated carbocycles. The standard InChI is InChI=1S/2C34H33F3N6O/c2*1-24-9-6-10-25(2)31(24)43-33(38-39-40-43)32(30-17-16-29(44-30)27-14-7-15-28(23-27)34(35,36)37)42-21-19-41(20-22-42)18-8-13-26-11-4-3-5-12-26/h2*3-17,23,32H,18-22H2,1-2H3/b2*13-8+/t2*32-/m10/s1. The van der Waals surface area contributed by atoms with Gasteiger partial charge >= 0.3 is 12.4 Å². The fourth-order valence-corrected chi connectivity index (χ4v) is 11.5. The summed E-state index contributed by atoms with van der Waals surface area (Å²) in [5.74, 6) is 3.02. The van der Waals surface area contributed by atoms with Gasteiger partial charge in [-0.25, -0.2) is 0 Å². The largest absolute Gasteiger partial charge is 0.459 e. The number of aryl methyl sites for hydroxylation is 4. The number of halogens is 6. The van der Waals surface area contributed by atoms with Crippen LogP contribution < -0.4 is 0 Å². The minimum atomic E-state index is -4.45. The second-order valence-corrected chi connectivity index (χ2v) is 22.0. The first-order valence-corrected chi connectivity index (χ1v) is 29.2. The highest BCUT2D eigenvalue weighted by atomic mass is 19.4. The third-order valence-electron chi connectivity index (χ3n) is 16.0. The minimum absolute atomic E-state index is 0.354. The van der Waals surface area contributed by atoms with Gasteiger partial charge in [-0.1, -0.05) is 146 Å². The summed E-state index contributed by atoms with van der Waals surface area (Å²) in [6.07, 6.45) is -0.275. The van der Waals surface area contributed by atoms with Crippen LogP contribution in [0.2, 0.25) is 0 Å². The van der Waals surface area contributed by atoms with Crippen LogP contribution in [0.25, 0.3) is 46.2 Å². The van der Waals surface area contributed by atoms with Crippen molar-refractivity contribution in [1.82, 2.24) is 60.0 Å². The lowest BCUT2D eigenvalue weighted by molar-refractivity contribution is -0.138. The molecule has 0 spiro atoms. The fourth-order valence-electron chi connectivity index (χ4n) is 11.5. The van der Waals surface area contributed by atoms with E-state index in [4.69, 9.17) is 8.83 Å². The van der Waals surface area contributed by atoms with E-state index >= 15 is 0 Å². The molecule has 0 amide bonds. The molecule has 4 aromatic heterocycles. The summed E-state index contributed by atoms with van der Waals surface area (Å²) >= 11 is 0. The van der Waals surface area contributed by atoms with Crippen molar-refractivity contribution in [3.63, 3.8) is 0 Å². The van der Waals surface area contributed by atoms with E-state index in [1.54, 1.807) is 33.6 Å². The Balaban J connectivity index is 0.000000182. The van der Waals surface area contributed by atoms with E-state index < -0.39 is 35.6 Å². The molecule has 88 heavy (non-hydrogen) atoms. The molecule has 6 heterocycles. The molecule has 2 fully saturated rings. The maximum absolute atomic E-state index is 13.4. The van der Waals surface area contributed by atoms with Crippen LogP contribution in [0.3, 0.4) is 0 Å². The van der Waals surface area contributed by atoms with Crippen LogP contribution >= 0.6 is 0 Å². The predicted octanol–water partition coefficient (Wildman–Crippen LogP) is 14.0. The van der Waals surface area contributed by atoms with Gasteiger partial charge in [-0.05, 0) is 130 Å². The summed E-state index contributed by atoms with van der Waals surface area (Å²) < 4.78 is 96.8. The molecule has 6 aromatic carbocycles. The number of piperazine rings is 2. The van der Waals surface area contributed by atoms with Gasteiger partial charge in [0.25, 0.3) is 0 Å². The Bertz CT molecular complexity index is 3690. The summed E-state index contributed by atoms with van der Waals surface area (Å²) in [6, 6.07) is 49.0. The average Bonchev–Trinajstić information content (AvgIpc) is 2.09. The fraction of sp³-hybridized carbons (Fsp3) is 0.265. The predicted molar refractivity (Wildman–Crippen MR) is 326 cm³/mol. The molecule has 0 aliphatic carbocycles. The molecule has 10 aromatic rings. The van der Waals surface area contributed by atoms with Crippen molar-refractivity contribution in [2.75, 3.05) is 65.4 Å². The smallest absolute Gasteiger partial charge is 0.416 e. The molecular weight excluding hydrogens is 1130 g/mol. The molecule has 0 N–H and O–H groups in total. The SMILES string of the molecule is Cc1cccc(C)c1-n1nnnc1[C@@H](c1ccc(-c2cccc(C(F)(F)F)c2)o1)N1CCN(C/C=C/c2ccccc2)CC1.Cc1cccc(C)c1-n1nnnc1[C@H](c1ccc(-c2cccc(C(F)(F)F)c2)o1)N1CCN(C/C=C/c2ccccc2)CC1. The Labute approximate surface area is 506 Å². The highest BCUT2D eigenvalue weighted by Gasteiger charge is 2.37. The summed E-state index contributed by atoms with van der Waals surface area (Å²) in [4.78, 5) is 9.33. The molecule has 0 radical (unpaired) electrons. The van der Waals surface area contributed by atoms with Gasteiger partial charge in [0.15, 0.2) is 11.6 Å². The Kier molecular flexibility index (Phi) is 18.5. The zero-order valence-corrected chi connectivity index (χ0v) is 49.2. The van der Waals surface area contributed by atoms with E-state index in [1.807, 2.05) is 113 Å². The summed E-state index contributed by atoms with van der Waals surface area (Å²) in [5, 5.41) is 25.8. The lowest BCUT2D eigenvalue weighted by Gasteiger charge is -2.37. The van der Waals surface area contributed by atoms with Crippen molar-refractivity contribution in [2.45, 2.75) is 52.1 Å². The van der Waals surface area contributed by atoms with E-state index in [0.717, 1.165) is 123 Å². The van der Waals surface area contributed by atoms with Crippen molar-refractivity contribution in [3.8, 4) is 34.0 Å². The molecule has 2 atom stereocenters. The van der Waals surface area contributed by atoms with E-state index in [2.05, 4.69) is 99.2 Å². The lowest BCUT2D eigenvalue weighted by atomic mass is 10.1. The second-order valence-electron chi connectivity index (χ2n) is 22.0. The van der Waals surface area contributed by atoms with Gasteiger partial charge < -0.3 is 8.83 Å². The molecule has 0 unspecified atom stereocenters. The Hall–Kier alpha value is -9.08. The normalized spacial score (nSPS) is 15.7. The first-order valence-electron chi connectivity index (χ1n) is 29.2. The van der Waals surface area contributed by atoms with Crippen molar-refractivity contribution in [1.29, 1.82) is 0 Å². The van der Waals surface area contributed by atoms with E-state index in [1.165, 1.54) is 23.3 Å². The van der Waals surface area contributed by atoms with E-state index in [-0.39, 0.29) is 0 Å². The summed E-state index contributed by atoms with van der Waals surface area (Å²) in [6.45, 7) is 15.9. The number of hydrogen-bond donors (Lipinski definition) is 0. The van der Waals surface area contributed by atoms with Gasteiger partial charge in [0.05, 0.1) is 22.5 Å². The first-order chi connectivity index (χ1) is 42.6. The molecule has 12 rings (SSSR count). The van der Waals surface area contributed by atoms with Crippen LogP contribution in [0.5, 0.6) is 0 Å². The Morgan fingerprint density at radius 1 is 0.432 bits per heavy atom. The monoisotopic (exact) mass is 1200 g/mol. The average molecular weight is 1200 g/mol. The Morgan fingerprint density at radius 3 is 1.16 bits per heavy atom. The number of alkyl halides is 6. The van der Waals surface area contributed by atoms with Gasteiger partial charge in [0.1, 0.15) is 35.1 Å². The van der Waals surface area contributed by atoms with E-state index in [9.17, 15) is 26.3 Å². The number of furan rings is 2. The molecule has 2 aliphatic rings. The maximum Gasteiger partial charge on any atom is 0.416 e. The summed E-state index contributed by atoms with van der Waals surface area (Å²) in [5.41, 5.74) is 7.49. The molecule has 14 nitrogen and oxygen atoms in total. The Morgan fingerprint density at radius 2 is 0.795 bits per heavy atom. The van der Waals surface area contributed by atoms with Crippen LogP contribution in [0.4, 0.5) is 26.3 Å². The molecule has 2 aliphatic heterocycles. The zero-order valence-electron chi connectivity index (χ0n) is 49.2. The number of benzene rings is 6. The molecule has 2 saturated heterocycles. The maximum atomic E-state index is 13.4. The number of nitrogens with zero attached hydrogens (tertiary/aromatic N) is 12. The van der Waals surface area contributed by atoms with Gasteiger partial charge in [0, 0.05) is 76.6 Å². The van der Waals surface area contributed by atoms with Crippen LogP contribution in [0, 0.1) is 27.7 Å². The third-order valence-corrected chi connectivity index (χ3v) is 16.0. The van der Waals surface area contributed by atoms with Crippen LogP contribution in [-0.2, 0) is 12.4 Å². The van der Waals surface area contributed by atoms with Crippen molar-refractivity contribution >= 4 is 12.2 Å². The highest BCUT2D eigenvalue weighted by molar-refractivity contribution is 5.61. The number of aromatic nitrogens is 8. The third kappa shape index (κ3) is 14.2. The molecule has 452 valence electrons. The molecule has 0 bridgehead atoms. The van der Waals surface area contributed by atoms with Crippen LogP contribution in [-0.4, -0.2) is 125 Å². The van der Waals surface area contributed by atoms with Crippen molar-refractivity contribution in [3.05, 3.63) is 250 Å². The minimum Gasteiger partial charge on any atom is -0.459 e. The second kappa shape index (κ2) is 26.9. The number of tetrazole rings is 2. The van der Waals surface area contributed by atoms with Gasteiger partial charge in [-0.2, -0.15) is 35.7 Å². The number of para-hydroxylation sites is 2. The zero-order chi connectivity index (χ0) is 61.4. The lowest BCUT2D eigenvalue weighted by Crippen LogP contribution is -2.48. The topological polar surface area (TPSA) is 126 Å². The first kappa shape index (κ1) is 60.6. The van der Waals surface area contributed by atoms with E-state index in [0.29, 0.717) is 45.8 Å². The summed E-state index contributed by atoms with van der Waals surface area (Å²) in [7, 11) is 0. The quantitative estimate of drug-likeness (QED) is 0.0855. The highest BCUT2D eigenvalue weighted by Crippen LogP contribution is 2.39. The van der Waals surface area contributed by atoms with Crippen LogP contribution in [0.1, 0.15) is 79.8 Å². The van der Waals surface area contributed by atoms with Crippen molar-refractivity contribution in [2.24, 2.45) is 0 Å². The van der Waals surface area contributed by atoms with Gasteiger partial charge in [0.2, 0.25) is 0 Å². The molecule has 20 heteroatoms. The van der Waals surface area contributed by atoms with Crippen molar-refractivity contribution < 1.29 is 35.2 Å². The van der Waals surface area contributed by atoms with Gasteiger partial charge in [-0.3, -0.25) is 19.6 Å². The molecular formula is C68H66F6N12O2. The number of rotatable bonds is 16. The van der Waals surface area contributed by atoms with Crippen LogP contribution in [0.15, 0.2) is 191 Å². The van der Waals surface area contributed by atoms with Gasteiger partial charge in [-0.15, -0.1) is 10.2 Å². The number of hydrogen-bond acceptors (Lipinski definition) is 12.